The minimum Gasteiger partial charge on any atom is -0.479 e. The van der Waals surface area contributed by atoms with Gasteiger partial charge in [0, 0.05) is 0 Å². The van der Waals surface area contributed by atoms with E-state index in [-0.39, 0.29) is 0 Å². The highest BCUT2D eigenvalue weighted by atomic mass is 16.4. The molecule has 0 radical (unpaired) electrons. The van der Waals surface area contributed by atoms with E-state index < -0.39 is 18.1 Å². The van der Waals surface area contributed by atoms with Crippen molar-refractivity contribution in [2.45, 2.75) is 12.1 Å². The van der Waals surface area contributed by atoms with Gasteiger partial charge in [0.2, 0.25) is 0 Å². The minimum absolute atomic E-state index is 0.609. The van der Waals surface area contributed by atoms with E-state index in [1.807, 2.05) is 0 Å². The number of benzene rings is 1. The van der Waals surface area contributed by atoms with E-state index >= 15 is 0 Å². The standard InChI is InChI=1S/C9H11NO3/c10-7(8(11)9(12)13)6-4-2-1-3-5-6/h1-5,7-8,11H,10H2,(H,12,13). The van der Waals surface area contributed by atoms with Crippen LogP contribution in [-0.2, 0) is 4.79 Å². The van der Waals surface area contributed by atoms with Crippen LogP contribution in [-0.4, -0.2) is 22.3 Å². The molecule has 1 aromatic carbocycles. The number of aliphatic hydroxyl groups is 1. The Labute approximate surface area is 75.6 Å². The number of aliphatic hydroxyl groups excluding tert-OH is 1. The molecule has 0 spiro atoms. The van der Waals surface area contributed by atoms with Gasteiger partial charge in [-0.05, 0) is 5.56 Å². The zero-order valence-electron chi connectivity index (χ0n) is 6.92. The summed E-state index contributed by atoms with van der Waals surface area (Å²) < 4.78 is 0. The van der Waals surface area contributed by atoms with Gasteiger partial charge in [-0.15, -0.1) is 0 Å². The number of aliphatic carboxylic acids is 1. The second-order valence-corrected chi connectivity index (χ2v) is 2.72. The number of hydrogen-bond acceptors (Lipinski definition) is 3. The van der Waals surface area contributed by atoms with Crippen LogP contribution in [0.3, 0.4) is 0 Å². The topological polar surface area (TPSA) is 83.5 Å². The molecule has 13 heavy (non-hydrogen) atoms. The van der Waals surface area contributed by atoms with E-state index in [0.717, 1.165) is 0 Å². The van der Waals surface area contributed by atoms with Gasteiger partial charge in [0.15, 0.2) is 6.10 Å². The van der Waals surface area contributed by atoms with Crippen molar-refractivity contribution in [3.05, 3.63) is 35.9 Å². The van der Waals surface area contributed by atoms with Gasteiger partial charge in [0.25, 0.3) is 0 Å². The summed E-state index contributed by atoms with van der Waals surface area (Å²) >= 11 is 0. The molecule has 2 atom stereocenters. The van der Waals surface area contributed by atoms with Crippen molar-refractivity contribution in [1.82, 2.24) is 0 Å². The fraction of sp³-hybridized carbons (Fsp3) is 0.222. The molecule has 0 aliphatic carbocycles. The van der Waals surface area contributed by atoms with E-state index in [9.17, 15) is 4.79 Å². The molecule has 4 N–H and O–H groups in total. The van der Waals surface area contributed by atoms with Crippen molar-refractivity contribution < 1.29 is 15.0 Å². The Kier molecular flexibility index (Phi) is 3.00. The summed E-state index contributed by atoms with van der Waals surface area (Å²) in [4.78, 5) is 10.4. The average Bonchev–Trinajstić information content (AvgIpc) is 2.17. The molecule has 0 bridgehead atoms. The van der Waals surface area contributed by atoms with Crippen LogP contribution in [0.25, 0.3) is 0 Å². The molecular weight excluding hydrogens is 170 g/mol. The first-order valence-electron chi connectivity index (χ1n) is 3.84. The summed E-state index contributed by atoms with van der Waals surface area (Å²) in [5, 5.41) is 17.6. The van der Waals surface area contributed by atoms with Crippen LogP contribution in [0.5, 0.6) is 0 Å². The first kappa shape index (κ1) is 9.70. The van der Waals surface area contributed by atoms with Gasteiger partial charge >= 0.3 is 5.97 Å². The number of rotatable bonds is 3. The Balaban J connectivity index is 2.79. The minimum atomic E-state index is -1.55. The van der Waals surface area contributed by atoms with E-state index in [0.29, 0.717) is 5.56 Å². The highest BCUT2D eigenvalue weighted by molar-refractivity contribution is 5.73. The lowest BCUT2D eigenvalue weighted by Crippen LogP contribution is -2.33. The molecular formula is C9H11NO3. The normalized spacial score (nSPS) is 14.9. The van der Waals surface area contributed by atoms with Gasteiger partial charge in [0.1, 0.15) is 0 Å². The molecule has 0 aromatic heterocycles. The highest BCUT2D eigenvalue weighted by Crippen LogP contribution is 2.13. The van der Waals surface area contributed by atoms with Gasteiger partial charge in [0.05, 0.1) is 6.04 Å². The van der Waals surface area contributed by atoms with E-state index in [1.165, 1.54) is 0 Å². The lowest BCUT2D eigenvalue weighted by molar-refractivity contribution is -0.147. The first-order valence-corrected chi connectivity index (χ1v) is 3.84. The third-order valence-electron chi connectivity index (χ3n) is 1.78. The first-order chi connectivity index (χ1) is 6.13. The largest absolute Gasteiger partial charge is 0.479 e. The second-order valence-electron chi connectivity index (χ2n) is 2.72. The predicted octanol–water partition coefficient (Wildman–Crippen LogP) is 0.132. The van der Waals surface area contributed by atoms with Crippen LogP contribution in [0.2, 0.25) is 0 Å². The summed E-state index contributed by atoms with van der Waals surface area (Å²) in [5.41, 5.74) is 6.12. The van der Waals surface area contributed by atoms with Crippen molar-refractivity contribution in [3.63, 3.8) is 0 Å². The SMILES string of the molecule is NC(c1ccccc1)C(O)C(=O)O. The molecule has 1 rings (SSSR count). The predicted molar refractivity (Wildman–Crippen MR) is 47.0 cm³/mol. The molecule has 4 nitrogen and oxygen atoms in total. The summed E-state index contributed by atoms with van der Waals surface area (Å²) in [5.74, 6) is -1.31. The lowest BCUT2D eigenvalue weighted by Gasteiger charge is -2.14. The Morgan fingerprint density at radius 2 is 1.85 bits per heavy atom. The summed E-state index contributed by atoms with van der Waals surface area (Å²) in [6, 6.07) is 7.75. The molecule has 70 valence electrons. The molecule has 0 amide bonds. The maximum absolute atomic E-state index is 10.4. The van der Waals surface area contributed by atoms with Gasteiger partial charge < -0.3 is 15.9 Å². The smallest absolute Gasteiger partial charge is 0.334 e. The zero-order valence-corrected chi connectivity index (χ0v) is 6.92. The highest BCUT2D eigenvalue weighted by Gasteiger charge is 2.22. The number of carboxylic acids is 1. The van der Waals surface area contributed by atoms with E-state index in [4.69, 9.17) is 15.9 Å². The van der Waals surface area contributed by atoms with E-state index in [2.05, 4.69) is 0 Å². The van der Waals surface area contributed by atoms with Crippen molar-refractivity contribution in [2.24, 2.45) is 5.73 Å². The molecule has 0 heterocycles. The molecule has 0 saturated heterocycles. The van der Waals surface area contributed by atoms with Gasteiger partial charge in [-0.3, -0.25) is 0 Å². The van der Waals surface area contributed by atoms with Gasteiger partial charge in [-0.25, -0.2) is 4.79 Å². The fourth-order valence-corrected chi connectivity index (χ4v) is 1.01. The summed E-state index contributed by atoms with van der Waals surface area (Å²) in [7, 11) is 0. The molecule has 0 aliphatic heterocycles. The average molecular weight is 181 g/mol. The molecule has 1 aromatic rings. The third kappa shape index (κ3) is 2.27. The maximum atomic E-state index is 10.4. The zero-order chi connectivity index (χ0) is 9.84. The molecule has 0 fully saturated rings. The maximum Gasteiger partial charge on any atom is 0.334 e. The van der Waals surface area contributed by atoms with E-state index in [1.54, 1.807) is 30.3 Å². The number of nitrogens with two attached hydrogens (primary N) is 1. The summed E-state index contributed by atoms with van der Waals surface area (Å²) in [6.07, 6.45) is -1.55. The van der Waals surface area contributed by atoms with Crippen LogP contribution >= 0.6 is 0 Å². The number of carboxylic acid groups (broad SMARTS) is 1. The van der Waals surface area contributed by atoms with Crippen LogP contribution in [0.15, 0.2) is 30.3 Å². The molecule has 0 aliphatic rings. The number of hydrogen-bond donors (Lipinski definition) is 3. The van der Waals surface area contributed by atoms with Crippen LogP contribution in [0.1, 0.15) is 11.6 Å². The van der Waals surface area contributed by atoms with Gasteiger partial charge in [-0.1, -0.05) is 30.3 Å². The van der Waals surface area contributed by atoms with Crippen molar-refractivity contribution in [3.8, 4) is 0 Å². The fourth-order valence-electron chi connectivity index (χ4n) is 1.01. The van der Waals surface area contributed by atoms with Crippen LogP contribution in [0.4, 0.5) is 0 Å². The second kappa shape index (κ2) is 4.02. The quantitative estimate of drug-likeness (QED) is 0.619. The van der Waals surface area contributed by atoms with Crippen molar-refractivity contribution in [1.29, 1.82) is 0 Å². The van der Waals surface area contributed by atoms with Crippen LogP contribution < -0.4 is 5.73 Å². The van der Waals surface area contributed by atoms with Crippen LogP contribution in [0, 0.1) is 0 Å². The Bertz CT molecular complexity index is 286. The van der Waals surface area contributed by atoms with Gasteiger partial charge in [-0.2, -0.15) is 0 Å². The lowest BCUT2D eigenvalue weighted by atomic mass is 10.0. The Morgan fingerprint density at radius 3 is 2.31 bits per heavy atom. The molecule has 0 saturated carbocycles. The summed E-state index contributed by atoms with van der Waals surface area (Å²) in [6.45, 7) is 0. The van der Waals surface area contributed by atoms with Crippen molar-refractivity contribution in [2.75, 3.05) is 0 Å². The third-order valence-corrected chi connectivity index (χ3v) is 1.78. The Hall–Kier alpha value is -1.39. The monoisotopic (exact) mass is 181 g/mol. The van der Waals surface area contributed by atoms with Crippen molar-refractivity contribution >= 4 is 5.97 Å². The Morgan fingerprint density at radius 1 is 1.31 bits per heavy atom. The molecule has 4 heteroatoms. The number of carbonyl (C=O) groups is 1. The molecule has 2 unspecified atom stereocenters.